The molecule has 0 radical (unpaired) electrons. The van der Waals surface area contributed by atoms with Crippen LogP contribution in [0.1, 0.15) is 11.1 Å². The Morgan fingerprint density at radius 3 is 2.28 bits per heavy atom. The predicted octanol–water partition coefficient (Wildman–Crippen LogP) is -0.621. The molecule has 1 aliphatic rings. The molecule has 0 atom stereocenters. The second-order valence-corrected chi connectivity index (χ2v) is 4.61. The van der Waals surface area contributed by atoms with Gasteiger partial charge in [-0.3, -0.25) is 9.59 Å². The fourth-order valence-electron chi connectivity index (χ4n) is 2.24. The van der Waals surface area contributed by atoms with Gasteiger partial charge >= 0.3 is 11.8 Å². The molecule has 5 heteroatoms. The van der Waals surface area contributed by atoms with Crippen molar-refractivity contribution >= 4 is 11.8 Å². The van der Waals surface area contributed by atoms with Gasteiger partial charge in [-0.25, -0.2) is 0 Å². The van der Waals surface area contributed by atoms with Crippen LogP contribution in [0.25, 0.3) is 0 Å². The second-order valence-electron chi connectivity index (χ2n) is 4.61. The summed E-state index contributed by atoms with van der Waals surface area (Å²) in [5, 5.41) is 15.1. The van der Waals surface area contributed by atoms with E-state index in [-0.39, 0.29) is 6.54 Å². The fourth-order valence-corrected chi connectivity index (χ4v) is 2.24. The number of aliphatic hydroxyl groups is 1. The van der Waals surface area contributed by atoms with E-state index in [4.69, 9.17) is 0 Å². The molecular weight excluding hydrogens is 232 g/mol. The summed E-state index contributed by atoms with van der Waals surface area (Å²) >= 11 is 0. The molecule has 0 unspecified atom stereocenters. The van der Waals surface area contributed by atoms with E-state index in [1.165, 1.54) is 7.05 Å². The molecule has 0 fully saturated rings. The van der Waals surface area contributed by atoms with Crippen LogP contribution in [0.3, 0.4) is 0 Å². The number of carbonyl (C=O) groups excluding carboxylic acids is 2. The second kappa shape index (κ2) is 4.78. The Hall–Kier alpha value is -1.88. The highest BCUT2D eigenvalue weighted by Gasteiger charge is 2.35. The van der Waals surface area contributed by atoms with E-state index in [1.807, 2.05) is 24.3 Å². The molecule has 0 bridgehead atoms. The molecule has 1 aliphatic carbocycles. The van der Waals surface area contributed by atoms with Gasteiger partial charge in [0, 0.05) is 26.4 Å². The molecule has 1 aromatic rings. The van der Waals surface area contributed by atoms with Crippen LogP contribution in [0, 0.1) is 0 Å². The molecule has 3 N–H and O–H groups in total. The van der Waals surface area contributed by atoms with Crippen molar-refractivity contribution < 1.29 is 14.7 Å². The van der Waals surface area contributed by atoms with Gasteiger partial charge in [-0.1, -0.05) is 24.3 Å². The Morgan fingerprint density at radius 2 is 1.78 bits per heavy atom. The maximum absolute atomic E-state index is 11.3. The number of rotatable bonds is 2. The number of carbonyl (C=O) groups is 2. The van der Waals surface area contributed by atoms with E-state index >= 15 is 0 Å². The zero-order chi connectivity index (χ0) is 13.2. The van der Waals surface area contributed by atoms with Crippen LogP contribution in [0.2, 0.25) is 0 Å². The van der Waals surface area contributed by atoms with Crippen molar-refractivity contribution in [3.05, 3.63) is 35.4 Å². The molecule has 2 amide bonds. The average molecular weight is 248 g/mol. The maximum atomic E-state index is 11.3. The molecule has 2 rings (SSSR count). The monoisotopic (exact) mass is 248 g/mol. The van der Waals surface area contributed by atoms with Gasteiger partial charge in [0.25, 0.3) is 0 Å². The molecule has 5 nitrogen and oxygen atoms in total. The number of nitrogens with one attached hydrogen (secondary N) is 2. The highest BCUT2D eigenvalue weighted by molar-refractivity contribution is 6.35. The topological polar surface area (TPSA) is 78.4 Å². The lowest BCUT2D eigenvalue weighted by Crippen LogP contribution is -2.47. The molecule has 18 heavy (non-hydrogen) atoms. The number of benzene rings is 1. The van der Waals surface area contributed by atoms with Gasteiger partial charge in [-0.15, -0.1) is 0 Å². The van der Waals surface area contributed by atoms with E-state index in [0.29, 0.717) is 12.8 Å². The summed E-state index contributed by atoms with van der Waals surface area (Å²) in [5.41, 5.74) is 1.19. The summed E-state index contributed by atoms with van der Waals surface area (Å²) in [6, 6.07) is 7.78. The third kappa shape index (κ3) is 2.51. The van der Waals surface area contributed by atoms with Crippen molar-refractivity contribution in [3.63, 3.8) is 0 Å². The minimum atomic E-state index is -0.993. The molecule has 0 saturated carbocycles. The van der Waals surface area contributed by atoms with Crippen LogP contribution in [-0.2, 0) is 22.4 Å². The molecule has 0 heterocycles. The lowest BCUT2D eigenvalue weighted by Gasteiger charge is -2.22. The van der Waals surface area contributed by atoms with E-state index in [0.717, 1.165) is 11.1 Å². The fraction of sp³-hybridized carbons (Fsp3) is 0.385. The molecule has 0 aromatic heterocycles. The van der Waals surface area contributed by atoms with E-state index in [2.05, 4.69) is 10.6 Å². The van der Waals surface area contributed by atoms with Crippen molar-refractivity contribution in [2.24, 2.45) is 0 Å². The SMILES string of the molecule is CNC(=O)C(=O)NCC1(O)Cc2ccccc2C1. The Kier molecular flexibility index (Phi) is 3.34. The van der Waals surface area contributed by atoms with Gasteiger partial charge in [0.1, 0.15) is 0 Å². The largest absolute Gasteiger partial charge is 0.387 e. The lowest BCUT2D eigenvalue weighted by molar-refractivity contribution is -0.139. The Bertz CT molecular complexity index is 460. The zero-order valence-corrected chi connectivity index (χ0v) is 10.2. The van der Waals surface area contributed by atoms with Crippen LogP contribution in [0.4, 0.5) is 0 Å². The third-order valence-corrected chi connectivity index (χ3v) is 3.17. The summed E-state index contributed by atoms with van der Waals surface area (Å²) in [4.78, 5) is 22.3. The van der Waals surface area contributed by atoms with Gasteiger partial charge in [0.15, 0.2) is 0 Å². The molecule has 0 saturated heterocycles. The van der Waals surface area contributed by atoms with E-state index in [9.17, 15) is 14.7 Å². The third-order valence-electron chi connectivity index (χ3n) is 3.17. The van der Waals surface area contributed by atoms with Gasteiger partial charge in [-0.05, 0) is 11.1 Å². The summed E-state index contributed by atoms with van der Waals surface area (Å²) < 4.78 is 0. The molecular formula is C13H16N2O3. The number of fused-ring (bicyclic) bond motifs is 1. The first-order valence-electron chi connectivity index (χ1n) is 5.83. The highest BCUT2D eigenvalue weighted by Crippen LogP contribution is 2.29. The Balaban J connectivity index is 1.96. The molecule has 1 aromatic carbocycles. The first-order valence-corrected chi connectivity index (χ1v) is 5.83. The normalized spacial score (nSPS) is 15.9. The van der Waals surface area contributed by atoms with Gasteiger partial charge in [0.2, 0.25) is 0 Å². The predicted molar refractivity (Wildman–Crippen MR) is 65.9 cm³/mol. The van der Waals surface area contributed by atoms with Crippen LogP contribution in [0.5, 0.6) is 0 Å². The van der Waals surface area contributed by atoms with Gasteiger partial charge in [-0.2, -0.15) is 0 Å². The molecule has 0 aliphatic heterocycles. The standard InChI is InChI=1S/C13H16N2O3/c1-14-11(16)12(17)15-8-13(18)6-9-4-2-3-5-10(9)7-13/h2-5,18H,6-8H2,1H3,(H,14,16)(H,15,17). The van der Waals surface area contributed by atoms with Crippen LogP contribution >= 0.6 is 0 Å². The van der Waals surface area contributed by atoms with Crippen molar-refractivity contribution in [1.82, 2.24) is 10.6 Å². The maximum Gasteiger partial charge on any atom is 0.309 e. The van der Waals surface area contributed by atoms with E-state index < -0.39 is 17.4 Å². The smallest absolute Gasteiger partial charge is 0.309 e. The first-order chi connectivity index (χ1) is 8.54. The molecule has 0 spiro atoms. The number of hydrogen-bond donors (Lipinski definition) is 3. The summed E-state index contributed by atoms with van der Waals surface area (Å²) in [7, 11) is 1.39. The zero-order valence-electron chi connectivity index (χ0n) is 10.2. The van der Waals surface area contributed by atoms with Crippen LogP contribution < -0.4 is 10.6 Å². The Morgan fingerprint density at radius 1 is 1.22 bits per heavy atom. The van der Waals surface area contributed by atoms with Crippen molar-refractivity contribution in [2.75, 3.05) is 13.6 Å². The van der Waals surface area contributed by atoms with Crippen molar-refractivity contribution in [2.45, 2.75) is 18.4 Å². The van der Waals surface area contributed by atoms with Gasteiger partial charge < -0.3 is 15.7 Å². The van der Waals surface area contributed by atoms with Crippen molar-refractivity contribution in [1.29, 1.82) is 0 Å². The first kappa shape index (κ1) is 12.6. The van der Waals surface area contributed by atoms with Crippen molar-refractivity contribution in [3.8, 4) is 0 Å². The van der Waals surface area contributed by atoms with Gasteiger partial charge in [0.05, 0.1) is 5.60 Å². The summed E-state index contributed by atoms with van der Waals surface area (Å²) in [6.45, 7) is 0.0773. The number of amides is 2. The van der Waals surface area contributed by atoms with Crippen LogP contribution in [0.15, 0.2) is 24.3 Å². The van der Waals surface area contributed by atoms with E-state index in [1.54, 1.807) is 0 Å². The Labute approximate surface area is 105 Å². The minimum absolute atomic E-state index is 0.0773. The quantitative estimate of drug-likeness (QED) is 0.610. The summed E-state index contributed by atoms with van der Waals surface area (Å²) in [6.07, 6.45) is 0.994. The number of likely N-dealkylation sites (N-methyl/N-ethyl adjacent to an activating group) is 1. The lowest BCUT2D eigenvalue weighted by atomic mass is 10.0. The highest BCUT2D eigenvalue weighted by atomic mass is 16.3. The molecule has 96 valence electrons. The minimum Gasteiger partial charge on any atom is -0.387 e. The van der Waals surface area contributed by atoms with Crippen LogP contribution in [-0.4, -0.2) is 36.1 Å². The summed E-state index contributed by atoms with van der Waals surface area (Å²) in [5.74, 6) is -1.42. The number of hydrogen-bond acceptors (Lipinski definition) is 3. The average Bonchev–Trinajstić information content (AvgIpc) is 2.71.